The monoisotopic (exact) mass is 313 g/mol. The number of rotatable bonds is 2. The highest BCUT2D eigenvalue weighted by Crippen LogP contribution is 2.36. The van der Waals surface area contributed by atoms with Crippen molar-refractivity contribution in [2.45, 2.75) is 89.1 Å². The van der Waals surface area contributed by atoms with E-state index in [4.69, 9.17) is 5.26 Å². The van der Waals surface area contributed by atoms with Gasteiger partial charge in [0, 0.05) is 5.92 Å². The minimum atomic E-state index is -0.639. The summed E-state index contributed by atoms with van der Waals surface area (Å²) >= 11 is 0. The van der Waals surface area contributed by atoms with Gasteiger partial charge in [0.05, 0.1) is 18.2 Å². The van der Waals surface area contributed by atoms with E-state index in [1.807, 2.05) is 19.9 Å². The molecule has 0 radical (unpaired) electrons. The average Bonchev–Trinajstić information content (AvgIpc) is 2.62. The second-order valence-electron chi connectivity index (χ2n) is 6.89. The molecule has 2 aliphatic carbocycles. The Kier molecular flexibility index (Phi) is 7.70. The lowest BCUT2D eigenvalue weighted by Gasteiger charge is -2.29. The first-order chi connectivity index (χ1) is 11.0. The topological polar surface area (TPSA) is 96.1 Å². The van der Waals surface area contributed by atoms with Gasteiger partial charge in [0.25, 0.3) is 0 Å². The van der Waals surface area contributed by atoms with Crippen molar-refractivity contribution in [2.24, 2.45) is 16.1 Å². The highest BCUT2D eigenvalue weighted by molar-refractivity contribution is 5.12. The van der Waals surface area contributed by atoms with Crippen LogP contribution in [0.3, 0.4) is 0 Å². The van der Waals surface area contributed by atoms with Crippen LogP contribution < -0.4 is 0 Å². The van der Waals surface area contributed by atoms with E-state index in [0.717, 1.165) is 51.4 Å². The van der Waals surface area contributed by atoms with Crippen LogP contribution in [0.25, 0.3) is 0 Å². The maximum Gasteiger partial charge on any atom is 0.167 e. The molecule has 0 N–H and O–H groups in total. The molecule has 0 aromatic carbocycles. The molecule has 0 aliphatic heterocycles. The third kappa shape index (κ3) is 5.99. The smallest absolute Gasteiger partial charge is 0.167 e. The Bertz CT molecular complexity index is 465. The molecule has 2 fully saturated rings. The van der Waals surface area contributed by atoms with Crippen LogP contribution in [0.2, 0.25) is 0 Å². The van der Waals surface area contributed by atoms with Crippen molar-refractivity contribution in [1.29, 1.82) is 15.8 Å². The average molecular weight is 313 g/mol. The van der Waals surface area contributed by atoms with Crippen LogP contribution >= 0.6 is 0 Å². The molecule has 124 valence electrons. The standard InChI is InChI=1S/C14H20N4.C4H7N/c15-11-13(7-3-1-4-8-13)17-18-14(12-16)9-5-2-6-10-14;1-4(2)3-5/h1-10H2;4H,1-2H3. The predicted molar refractivity (Wildman–Crippen MR) is 88.2 cm³/mol. The maximum atomic E-state index is 9.34. The van der Waals surface area contributed by atoms with Gasteiger partial charge in [-0.05, 0) is 65.2 Å². The molecule has 2 saturated carbocycles. The third-order valence-corrected chi connectivity index (χ3v) is 4.47. The third-order valence-electron chi connectivity index (χ3n) is 4.47. The summed E-state index contributed by atoms with van der Waals surface area (Å²) in [5.74, 6) is 0.190. The molecule has 0 atom stereocenters. The zero-order valence-electron chi connectivity index (χ0n) is 14.4. The lowest BCUT2D eigenvalue weighted by atomic mass is 9.82. The molecule has 0 aromatic rings. The van der Waals surface area contributed by atoms with E-state index in [0.29, 0.717) is 0 Å². The highest BCUT2D eigenvalue weighted by atomic mass is 15.2. The molecule has 0 bridgehead atoms. The molecule has 0 saturated heterocycles. The first kappa shape index (κ1) is 19.1. The van der Waals surface area contributed by atoms with Crippen molar-refractivity contribution < 1.29 is 0 Å². The van der Waals surface area contributed by atoms with E-state index < -0.39 is 11.1 Å². The first-order valence-corrected chi connectivity index (χ1v) is 8.68. The minimum Gasteiger partial charge on any atom is -0.198 e. The summed E-state index contributed by atoms with van der Waals surface area (Å²) in [6.45, 7) is 3.72. The van der Waals surface area contributed by atoms with Gasteiger partial charge in [-0.2, -0.15) is 26.0 Å². The Morgan fingerprint density at radius 1 is 0.696 bits per heavy atom. The molecular weight excluding hydrogens is 286 g/mol. The molecule has 5 nitrogen and oxygen atoms in total. The van der Waals surface area contributed by atoms with Crippen LogP contribution in [0, 0.1) is 39.9 Å². The van der Waals surface area contributed by atoms with Gasteiger partial charge in [-0.25, -0.2) is 0 Å². The van der Waals surface area contributed by atoms with E-state index in [1.165, 1.54) is 12.8 Å². The van der Waals surface area contributed by atoms with Crippen molar-refractivity contribution in [3.63, 3.8) is 0 Å². The van der Waals surface area contributed by atoms with Gasteiger partial charge in [0.15, 0.2) is 11.1 Å². The van der Waals surface area contributed by atoms with Crippen LogP contribution in [-0.2, 0) is 0 Å². The number of nitriles is 3. The van der Waals surface area contributed by atoms with Gasteiger partial charge >= 0.3 is 0 Å². The van der Waals surface area contributed by atoms with Gasteiger partial charge in [-0.3, -0.25) is 0 Å². The number of hydrogen-bond donors (Lipinski definition) is 0. The summed E-state index contributed by atoms with van der Waals surface area (Å²) in [5.41, 5.74) is -1.28. The van der Waals surface area contributed by atoms with Crippen molar-refractivity contribution in [2.75, 3.05) is 0 Å². The van der Waals surface area contributed by atoms with Crippen molar-refractivity contribution in [1.82, 2.24) is 0 Å². The Hall–Kier alpha value is -1.93. The summed E-state index contributed by atoms with van der Waals surface area (Å²) in [7, 11) is 0. The fraction of sp³-hybridized carbons (Fsp3) is 0.833. The van der Waals surface area contributed by atoms with Gasteiger partial charge in [0.1, 0.15) is 0 Å². The fourth-order valence-electron chi connectivity index (χ4n) is 2.93. The Labute approximate surface area is 140 Å². The molecule has 0 amide bonds. The Morgan fingerprint density at radius 2 is 1.00 bits per heavy atom. The molecule has 2 rings (SSSR count). The molecule has 0 aromatic heterocycles. The molecule has 0 heterocycles. The second-order valence-corrected chi connectivity index (χ2v) is 6.89. The van der Waals surface area contributed by atoms with Crippen molar-refractivity contribution in [3.8, 4) is 18.2 Å². The maximum absolute atomic E-state index is 9.34. The number of nitrogens with zero attached hydrogens (tertiary/aromatic N) is 5. The number of hydrogen-bond acceptors (Lipinski definition) is 5. The second kappa shape index (κ2) is 9.26. The lowest BCUT2D eigenvalue weighted by Crippen LogP contribution is -2.31. The van der Waals surface area contributed by atoms with Crippen molar-refractivity contribution in [3.05, 3.63) is 0 Å². The van der Waals surface area contributed by atoms with Crippen LogP contribution in [0.1, 0.15) is 78.1 Å². The van der Waals surface area contributed by atoms with E-state index in [2.05, 4.69) is 22.4 Å². The molecular formula is C18H27N5. The highest BCUT2D eigenvalue weighted by Gasteiger charge is 2.36. The summed E-state index contributed by atoms with van der Waals surface area (Å²) in [4.78, 5) is 0. The van der Waals surface area contributed by atoms with Crippen molar-refractivity contribution >= 4 is 0 Å². The van der Waals surface area contributed by atoms with E-state index in [1.54, 1.807) is 0 Å². The lowest BCUT2D eigenvalue weighted by molar-refractivity contribution is 0.310. The van der Waals surface area contributed by atoms with E-state index >= 15 is 0 Å². The fourth-order valence-corrected chi connectivity index (χ4v) is 2.93. The summed E-state index contributed by atoms with van der Waals surface area (Å²) in [6, 6.07) is 6.68. The molecule has 0 unspecified atom stereocenters. The quantitative estimate of drug-likeness (QED) is 0.666. The zero-order valence-corrected chi connectivity index (χ0v) is 14.4. The summed E-state index contributed by atoms with van der Waals surface area (Å²) < 4.78 is 0. The van der Waals surface area contributed by atoms with Gasteiger partial charge in [-0.15, -0.1) is 0 Å². The first-order valence-electron chi connectivity index (χ1n) is 8.68. The molecule has 23 heavy (non-hydrogen) atoms. The van der Waals surface area contributed by atoms with E-state index in [-0.39, 0.29) is 5.92 Å². The molecule has 0 spiro atoms. The normalized spacial score (nSPS) is 22.3. The summed E-state index contributed by atoms with van der Waals surface area (Å²) in [5, 5.41) is 35.3. The van der Waals surface area contributed by atoms with Gasteiger partial charge in [0.2, 0.25) is 0 Å². The molecule has 2 aliphatic rings. The van der Waals surface area contributed by atoms with Crippen LogP contribution in [0.15, 0.2) is 10.2 Å². The van der Waals surface area contributed by atoms with Gasteiger partial charge in [-0.1, -0.05) is 12.8 Å². The molecule has 5 heteroatoms. The SMILES string of the molecule is CC(C)C#N.N#CC1(N=NC2(C#N)CCCCC2)CCCCC1. The van der Waals surface area contributed by atoms with Crippen LogP contribution in [-0.4, -0.2) is 11.1 Å². The summed E-state index contributed by atoms with van der Waals surface area (Å²) in [6.07, 6.45) is 9.76. The Morgan fingerprint density at radius 3 is 1.22 bits per heavy atom. The number of azo groups is 1. The van der Waals surface area contributed by atoms with E-state index in [9.17, 15) is 10.5 Å². The predicted octanol–water partition coefficient (Wildman–Crippen LogP) is 5.06. The zero-order chi connectivity index (χ0) is 17.2. The largest absolute Gasteiger partial charge is 0.198 e. The van der Waals surface area contributed by atoms with Crippen LogP contribution in [0.4, 0.5) is 0 Å². The Balaban J connectivity index is 0.000000463. The van der Waals surface area contributed by atoms with Crippen LogP contribution in [0.5, 0.6) is 0 Å². The van der Waals surface area contributed by atoms with Gasteiger partial charge < -0.3 is 0 Å². The minimum absolute atomic E-state index is 0.190.